The Balaban J connectivity index is 1.89. The molecule has 0 aliphatic heterocycles. The molecule has 0 spiro atoms. The van der Waals surface area contributed by atoms with E-state index in [2.05, 4.69) is 4.72 Å². The second-order valence-corrected chi connectivity index (χ2v) is 7.90. The predicted octanol–water partition coefficient (Wildman–Crippen LogP) is 2.25. The van der Waals surface area contributed by atoms with Gasteiger partial charge >= 0.3 is 0 Å². The fourth-order valence-electron chi connectivity index (χ4n) is 2.14. The van der Waals surface area contributed by atoms with Crippen LogP contribution in [0.3, 0.4) is 0 Å². The maximum Gasteiger partial charge on any atom is 0.240 e. The molecule has 0 saturated heterocycles. The number of carbonyl (C=O) groups is 1. The summed E-state index contributed by atoms with van der Waals surface area (Å²) < 4.78 is 25.6. The molecule has 2 rings (SSSR count). The van der Waals surface area contributed by atoms with Gasteiger partial charge in [-0.25, -0.2) is 13.1 Å². The van der Waals surface area contributed by atoms with E-state index in [4.69, 9.17) is 0 Å². The van der Waals surface area contributed by atoms with Crippen molar-refractivity contribution in [3.05, 3.63) is 52.2 Å². The molecule has 124 valence electrons. The number of nitrogens with zero attached hydrogens (tertiary/aromatic N) is 1. The molecule has 0 atom stereocenters. The Hall–Kier alpha value is -1.70. The summed E-state index contributed by atoms with van der Waals surface area (Å²) in [4.78, 5) is 14.1. The highest BCUT2D eigenvalue weighted by atomic mass is 32.2. The highest BCUT2D eigenvalue weighted by Crippen LogP contribution is 2.13. The van der Waals surface area contributed by atoms with E-state index < -0.39 is 10.0 Å². The van der Waals surface area contributed by atoms with Gasteiger partial charge in [-0.2, -0.15) is 11.3 Å². The van der Waals surface area contributed by atoms with Crippen molar-refractivity contribution in [2.24, 2.45) is 0 Å². The van der Waals surface area contributed by atoms with Crippen LogP contribution >= 0.6 is 11.3 Å². The lowest BCUT2D eigenvalue weighted by atomic mass is 10.1. The van der Waals surface area contributed by atoms with Crippen molar-refractivity contribution >= 4 is 27.3 Å². The molecule has 7 heteroatoms. The van der Waals surface area contributed by atoms with Crippen molar-refractivity contribution in [2.45, 2.75) is 24.3 Å². The zero-order chi connectivity index (χ0) is 16.9. The van der Waals surface area contributed by atoms with Crippen LogP contribution in [0.15, 0.2) is 46.0 Å². The van der Waals surface area contributed by atoms with E-state index >= 15 is 0 Å². The molecule has 0 saturated carbocycles. The molecule has 0 bridgehead atoms. The van der Waals surface area contributed by atoms with E-state index in [1.54, 1.807) is 47.5 Å². The molecule has 1 amide bonds. The Labute approximate surface area is 141 Å². The van der Waals surface area contributed by atoms with Gasteiger partial charge in [0.2, 0.25) is 15.9 Å². The molecule has 1 N–H and O–H groups in total. The van der Waals surface area contributed by atoms with Crippen molar-refractivity contribution in [3.63, 3.8) is 0 Å². The van der Waals surface area contributed by atoms with E-state index in [1.807, 2.05) is 16.8 Å². The van der Waals surface area contributed by atoms with Crippen LogP contribution in [0, 0.1) is 0 Å². The first kappa shape index (κ1) is 17.7. The predicted molar refractivity (Wildman–Crippen MR) is 91.8 cm³/mol. The number of hydrogen-bond donors (Lipinski definition) is 1. The van der Waals surface area contributed by atoms with Crippen LogP contribution in [0.5, 0.6) is 0 Å². The Morgan fingerprint density at radius 3 is 2.43 bits per heavy atom. The van der Waals surface area contributed by atoms with Crippen LogP contribution in [0.1, 0.15) is 17.5 Å². The molecule has 2 aromatic rings. The third-order valence-electron chi connectivity index (χ3n) is 3.56. The smallest absolute Gasteiger partial charge is 0.240 e. The summed E-state index contributed by atoms with van der Waals surface area (Å²) in [5.41, 5.74) is 2.07. The SMILES string of the molecule is CNS(=O)(=O)c1ccc(CCC(=O)N(C)Cc2ccsc2)cc1. The minimum absolute atomic E-state index is 0.0723. The molecule has 1 aromatic heterocycles. The van der Waals surface area contributed by atoms with Gasteiger partial charge in [-0.3, -0.25) is 4.79 Å². The van der Waals surface area contributed by atoms with Crippen molar-refractivity contribution in [3.8, 4) is 0 Å². The van der Waals surface area contributed by atoms with E-state index in [0.29, 0.717) is 19.4 Å². The van der Waals surface area contributed by atoms with Crippen LogP contribution in [-0.4, -0.2) is 33.3 Å². The summed E-state index contributed by atoms with van der Waals surface area (Å²) >= 11 is 1.62. The first-order chi connectivity index (χ1) is 10.9. The molecular weight excluding hydrogens is 332 g/mol. The number of sulfonamides is 1. The third kappa shape index (κ3) is 4.89. The van der Waals surface area contributed by atoms with Crippen LogP contribution in [-0.2, 0) is 27.8 Å². The number of benzene rings is 1. The van der Waals surface area contributed by atoms with E-state index in [9.17, 15) is 13.2 Å². The zero-order valence-electron chi connectivity index (χ0n) is 13.2. The normalized spacial score (nSPS) is 11.4. The van der Waals surface area contributed by atoms with Crippen molar-refractivity contribution in [1.29, 1.82) is 0 Å². The van der Waals surface area contributed by atoms with Crippen LogP contribution in [0.2, 0.25) is 0 Å². The molecule has 0 fully saturated rings. The number of aryl methyl sites for hydroxylation is 1. The van der Waals surface area contributed by atoms with E-state index in [1.165, 1.54) is 7.05 Å². The number of rotatable bonds is 7. The standard InChI is InChI=1S/C16H20N2O3S2/c1-17-23(20,21)15-6-3-13(4-7-15)5-8-16(19)18(2)11-14-9-10-22-12-14/h3-4,6-7,9-10,12,17H,5,8,11H2,1-2H3. The maximum absolute atomic E-state index is 12.1. The molecule has 0 radical (unpaired) electrons. The van der Waals surface area contributed by atoms with Gasteiger partial charge in [-0.15, -0.1) is 0 Å². The van der Waals surface area contributed by atoms with Gasteiger partial charge in [0.25, 0.3) is 0 Å². The molecule has 0 aliphatic rings. The van der Waals surface area contributed by atoms with Gasteiger partial charge in [-0.05, 0) is 53.6 Å². The summed E-state index contributed by atoms with van der Waals surface area (Å²) in [7, 11) is -0.238. The fraction of sp³-hybridized carbons (Fsp3) is 0.312. The molecule has 0 aliphatic carbocycles. The third-order valence-corrected chi connectivity index (χ3v) is 5.72. The van der Waals surface area contributed by atoms with Crippen LogP contribution in [0.4, 0.5) is 0 Å². The average Bonchev–Trinajstić information content (AvgIpc) is 3.05. The van der Waals surface area contributed by atoms with Crippen molar-refractivity contribution in [2.75, 3.05) is 14.1 Å². The molecule has 0 unspecified atom stereocenters. The Morgan fingerprint density at radius 2 is 1.87 bits per heavy atom. The minimum atomic E-state index is -3.41. The average molecular weight is 352 g/mol. The largest absolute Gasteiger partial charge is 0.341 e. The number of carbonyl (C=O) groups excluding carboxylic acids is 1. The lowest BCUT2D eigenvalue weighted by Gasteiger charge is -2.16. The molecular formula is C16H20N2O3S2. The summed E-state index contributed by atoms with van der Waals surface area (Å²) in [5.74, 6) is 0.0723. The second-order valence-electron chi connectivity index (χ2n) is 5.23. The monoisotopic (exact) mass is 352 g/mol. The lowest BCUT2D eigenvalue weighted by Crippen LogP contribution is -2.26. The lowest BCUT2D eigenvalue weighted by molar-refractivity contribution is -0.130. The molecule has 1 aromatic carbocycles. The number of nitrogens with one attached hydrogen (secondary N) is 1. The van der Waals surface area contributed by atoms with E-state index in [-0.39, 0.29) is 10.8 Å². The summed E-state index contributed by atoms with van der Waals surface area (Å²) in [5, 5.41) is 4.03. The summed E-state index contributed by atoms with van der Waals surface area (Å²) in [6.45, 7) is 0.613. The minimum Gasteiger partial charge on any atom is -0.341 e. The second kappa shape index (κ2) is 7.72. The summed E-state index contributed by atoms with van der Waals surface area (Å²) in [6.07, 6.45) is 0.992. The van der Waals surface area contributed by atoms with Gasteiger partial charge in [0.05, 0.1) is 4.90 Å². The highest BCUT2D eigenvalue weighted by molar-refractivity contribution is 7.89. The van der Waals surface area contributed by atoms with Crippen molar-refractivity contribution < 1.29 is 13.2 Å². The topological polar surface area (TPSA) is 66.5 Å². The first-order valence-electron chi connectivity index (χ1n) is 7.20. The van der Waals surface area contributed by atoms with Crippen molar-refractivity contribution in [1.82, 2.24) is 9.62 Å². The van der Waals surface area contributed by atoms with Crippen LogP contribution in [0.25, 0.3) is 0 Å². The zero-order valence-corrected chi connectivity index (χ0v) is 14.8. The van der Waals surface area contributed by atoms with Gasteiger partial charge in [0.15, 0.2) is 0 Å². The number of amides is 1. The van der Waals surface area contributed by atoms with Gasteiger partial charge in [0.1, 0.15) is 0 Å². The van der Waals surface area contributed by atoms with Gasteiger partial charge < -0.3 is 4.90 Å². The maximum atomic E-state index is 12.1. The molecule has 1 heterocycles. The highest BCUT2D eigenvalue weighted by Gasteiger charge is 2.12. The van der Waals surface area contributed by atoms with Crippen LogP contribution < -0.4 is 4.72 Å². The number of hydrogen-bond acceptors (Lipinski definition) is 4. The first-order valence-corrected chi connectivity index (χ1v) is 9.62. The quantitative estimate of drug-likeness (QED) is 0.831. The van der Waals surface area contributed by atoms with E-state index in [0.717, 1.165) is 11.1 Å². The number of thiophene rings is 1. The fourth-order valence-corrected chi connectivity index (χ4v) is 3.53. The van der Waals surface area contributed by atoms with Gasteiger partial charge in [0, 0.05) is 20.0 Å². The molecule has 23 heavy (non-hydrogen) atoms. The molecule has 5 nitrogen and oxygen atoms in total. The Kier molecular flexibility index (Phi) is 5.92. The summed E-state index contributed by atoms with van der Waals surface area (Å²) in [6, 6.07) is 8.61. The Bertz CT molecular complexity index is 738. The Morgan fingerprint density at radius 1 is 1.17 bits per heavy atom. The van der Waals surface area contributed by atoms with Gasteiger partial charge in [-0.1, -0.05) is 12.1 Å².